The van der Waals surface area contributed by atoms with Crippen molar-refractivity contribution in [3.8, 4) is 68.8 Å². The fraction of sp³-hybridized carbons (Fsp3) is 0.291. The van der Waals surface area contributed by atoms with Gasteiger partial charge in [0.1, 0.15) is 0 Å². The number of nitrogens with zero attached hydrogens (tertiary/aromatic N) is 8. The summed E-state index contributed by atoms with van der Waals surface area (Å²) in [6, 6.07) is 97.4. The Morgan fingerprint density at radius 2 is 0.432 bits per heavy atom. The average molecular weight is 1530 g/mol. The first-order chi connectivity index (χ1) is 57.2. The van der Waals surface area contributed by atoms with Gasteiger partial charge in [0.2, 0.25) is 0 Å². The topological polar surface area (TPSA) is 108 Å². The van der Waals surface area contributed by atoms with Crippen LogP contribution < -0.4 is 19.6 Å². The predicted octanol–water partition coefficient (Wildman–Crippen LogP) is 28.6. The van der Waals surface area contributed by atoms with E-state index in [0.717, 1.165) is 74.1 Å². The van der Waals surface area contributed by atoms with Gasteiger partial charge < -0.3 is 19.6 Å². The SMILES string of the molecule is CC12CCCCC1(C)N(c1ccc(C#N)cc1)c1ccc(-c3ccc4c5cc6c(cc5c5ccc(-c7ccc8c(c7)C7(C)CCCCC7(C)N8c7ccc(C#N)cc7)c3c45)c3ccc(-c4ccc5c(c4)C4(C)CCCCC4(C)N5c4ccc(C#N)cc4)c4c(-c5ccc7c(c5)C5(C)CCCCC5(C)N7c5ccc(C#N)cc5)ccc6c43)cc12. The smallest absolute Gasteiger partial charge is 0.0991 e. The molecule has 0 bridgehead atoms. The van der Waals surface area contributed by atoms with Gasteiger partial charge in [0.25, 0.3) is 0 Å². The van der Waals surface area contributed by atoms with Gasteiger partial charge in [0.05, 0.1) is 68.7 Å². The van der Waals surface area contributed by atoms with Crippen molar-refractivity contribution in [3.63, 3.8) is 0 Å². The van der Waals surface area contributed by atoms with E-state index in [1.807, 2.05) is 48.5 Å². The molecule has 0 amide bonds. The van der Waals surface area contributed by atoms with Crippen LogP contribution in [-0.4, -0.2) is 22.2 Å². The van der Waals surface area contributed by atoms with E-state index >= 15 is 0 Å². The van der Waals surface area contributed by atoms with E-state index in [9.17, 15) is 21.0 Å². The Balaban J connectivity index is 0.752. The second-order valence-electron chi connectivity index (χ2n) is 38.2. The zero-order chi connectivity index (χ0) is 80.1. The van der Waals surface area contributed by atoms with Gasteiger partial charge in [-0.05, 0) is 368 Å². The van der Waals surface area contributed by atoms with Crippen LogP contribution in [0.15, 0.2) is 231 Å². The molecule has 15 aromatic rings. The summed E-state index contributed by atoms with van der Waals surface area (Å²) in [5.74, 6) is 0. The van der Waals surface area contributed by atoms with E-state index in [1.165, 1.54) is 206 Å². The minimum Gasteiger partial charge on any atom is -0.334 e. The molecule has 8 aliphatic rings. The molecular weight excluding hydrogens is 1430 g/mol. The lowest BCUT2D eigenvalue weighted by atomic mass is 9.61. The van der Waals surface area contributed by atoms with E-state index < -0.39 is 0 Å². The van der Waals surface area contributed by atoms with Gasteiger partial charge in [-0.2, -0.15) is 21.0 Å². The molecule has 15 aromatic carbocycles. The summed E-state index contributed by atoms with van der Waals surface area (Å²) in [5, 5.41) is 55.3. The molecule has 23 rings (SSSR count). The van der Waals surface area contributed by atoms with E-state index in [0.29, 0.717) is 22.3 Å². The van der Waals surface area contributed by atoms with Gasteiger partial charge in [-0.1, -0.05) is 152 Å². The minimum atomic E-state index is -0.176. The fourth-order valence-electron chi connectivity index (χ4n) is 26.3. The second-order valence-corrected chi connectivity index (χ2v) is 38.2. The first kappa shape index (κ1) is 70.9. The Morgan fingerprint density at radius 1 is 0.220 bits per heavy atom. The lowest BCUT2D eigenvalue weighted by molar-refractivity contribution is 0.195. The molecule has 4 aliphatic heterocycles. The third-order valence-corrected chi connectivity index (χ3v) is 33.3. The number of fused-ring (bicyclic) bond motifs is 18. The lowest BCUT2D eigenvalue weighted by Crippen LogP contribution is -2.54. The highest BCUT2D eigenvalue weighted by Gasteiger charge is 2.62. The zero-order valence-electron chi connectivity index (χ0n) is 68.8. The number of hydrogen-bond acceptors (Lipinski definition) is 8. The molecule has 0 saturated heterocycles. The molecule has 0 N–H and O–H groups in total. The highest BCUT2D eigenvalue weighted by Crippen LogP contribution is 2.68. The third kappa shape index (κ3) is 9.01. The van der Waals surface area contributed by atoms with Crippen LogP contribution in [0.25, 0.3) is 109 Å². The Labute approximate surface area is 692 Å². The Morgan fingerprint density at radius 3 is 0.644 bits per heavy atom. The highest BCUT2D eigenvalue weighted by molar-refractivity contribution is 6.40. The normalized spacial score (nSPS) is 25.9. The fourth-order valence-corrected chi connectivity index (χ4v) is 26.3. The van der Waals surface area contributed by atoms with Gasteiger partial charge in [0, 0.05) is 67.2 Å². The van der Waals surface area contributed by atoms with Gasteiger partial charge in [0.15, 0.2) is 0 Å². The van der Waals surface area contributed by atoms with Crippen LogP contribution in [0.3, 0.4) is 0 Å². The predicted molar refractivity (Wildman–Crippen MR) is 486 cm³/mol. The van der Waals surface area contributed by atoms with Crippen molar-refractivity contribution in [2.75, 3.05) is 19.6 Å². The Hall–Kier alpha value is -12.5. The van der Waals surface area contributed by atoms with Crippen molar-refractivity contribution in [1.29, 1.82) is 21.0 Å². The van der Waals surface area contributed by atoms with Crippen LogP contribution in [0.5, 0.6) is 0 Å². The van der Waals surface area contributed by atoms with Crippen LogP contribution in [0, 0.1) is 45.3 Å². The summed E-state index contributed by atoms with van der Waals surface area (Å²) in [4.78, 5) is 10.5. The summed E-state index contributed by atoms with van der Waals surface area (Å²) >= 11 is 0. The summed E-state index contributed by atoms with van der Waals surface area (Å²) in [7, 11) is 0. The highest BCUT2D eigenvalue weighted by atomic mass is 15.3. The summed E-state index contributed by atoms with van der Waals surface area (Å²) < 4.78 is 0. The molecule has 4 heterocycles. The largest absolute Gasteiger partial charge is 0.334 e. The number of anilines is 8. The zero-order valence-corrected chi connectivity index (χ0v) is 68.8. The monoisotopic (exact) mass is 1530 g/mol. The quantitative estimate of drug-likeness (QED) is 0.148. The van der Waals surface area contributed by atoms with E-state index in [4.69, 9.17) is 0 Å². The molecular formula is C110H94N8. The summed E-state index contributed by atoms with van der Waals surface area (Å²) in [6.45, 7) is 20.2. The number of nitriles is 4. The molecule has 4 aliphatic carbocycles. The Bertz CT molecular complexity index is 6220. The van der Waals surface area contributed by atoms with Crippen molar-refractivity contribution in [2.24, 2.45) is 0 Å². The van der Waals surface area contributed by atoms with Crippen molar-refractivity contribution in [3.05, 3.63) is 275 Å². The van der Waals surface area contributed by atoms with Gasteiger partial charge in [-0.15, -0.1) is 0 Å². The van der Waals surface area contributed by atoms with Gasteiger partial charge >= 0.3 is 0 Å². The molecule has 0 aromatic heterocycles. The Kier molecular flexibility index (Phi) is 14.8. The summed E-state index contributed by atoms with van der Waals surface area (Å²) in [5.41, 5.74) is 26.5. The standard InChI is InChI=1S/C110H94N8/c1-103-49-9-13-53-107(103,5)115(75-29-17-67(63-111)18-30-75)95-45-25-71(57-91(95)103)79-37-41-83-87-61-89-85-43-39-81(73-27-47-97-93(59-73)105(3)51-11-15-55-109(105,7)117(97)77-33-21-69(65-113)22-34-77)100-82(74-28-48-98-94(60-74)106(4)52-12-16-56-110(106,8)118(98)78-35-23-70(66-114)24-36-78)40-44-86(102(85)100)90(89)62-88(87)84-42-38-80(99(79)101(83)84)72-26-46-96-92(58-72)104(2)50-10-14-54-108(104,6)116(96)76-31-19-68(64-112)20-32-76/h17-48,57-62H,9-16,49-56H2,1-8H3. The molecule has 0 radical (unpaired) electrons. The maximum Gasteiger partial charge on any atom is 0.0991 e. The molecule has 574 valence electrons. The molecule has 4 fully saturated rings. The van der Waals surface area contributed by atoms with E-state index in [-0.39, 0.29) is 43.8 Å². The van der Waals surface area contributed by atoms with E-state index in [2.05, 4.69) is 281 Å². The number of benzene rings is 13. The minimum absolute atomic E-state index is 0.137. The van der Waals surface area contributed by atoms with Gasteiger partial charge in [-0.25, -0.2) is 0 Å². The van der Waals surface area contributed by atoms with Crippen molar-refractivity contribution in [1.82, 2.24) is 0 Å². The second kappa shape index (κ2) is 24.6. The van der Waals surface area contributed by atoms with E-state index in [1.54, 1.807) is 0 Å². The number of hydrogen-bond donors (Lipinski definition) is 0. The summed E-state index contributed by atoms with van der Waals surface area (Å²) in [6.07, 6.45) is 18.1. The molecule has 4 saturated carbocycles. The molecule has 0 spiro atoms. The molecule has 118 heavy (non-hydrogen) atoms. The third-order valence-electron chi connectivity index (χ3n) is 33.3. The number of rotatable bonds is 8. The van der Waals surface area contributed by atoms with Crippen LogP contribution >= 0.6 is 0 Å². The first-order valence-electron chi connectivity index (χ1n) is 43.4. The molecule has 8 heteroatoms. The maximum absolute atomic E-state index is 9.99. The van der Waals surface area contributed by atoms with Crippen LogP contribution in [0.1, 0.15) is 203 Å². The van der Waals surface area contributed by atoms with Gasteiger partial charge in [-0.3, -0.25) is 0 Å². The molecule has 8 atom stereocenters. The molecule has 8 unspecified atom stereocenters. The lowest BCUT2D eigenvalue weighted by Gasteiger charge is -2.50. The van der Waals surface area contributed by atoms with Crippen molar-refractivity contribution < 1.29 is 0 Å². The van der Waals surface area contributed by atoms with Crippen LogP contribution in [0.4, 0.5) is 45.5 Å². The maximum atomic E-state index is 9.99. The molecule has 8 nitrogen and oxygen atoms in total. The van der Waals surface area contributed by atoms with Crippen LogP contribution in [0.2, 0.25) is 0 Å². The van der Waals surface area contributed by atoms with Crippen LogP contribution in [-0.2, 0) is 21.7 Å². The average Bonchev–Trinajstić information content (AvgIpc) is 1.54. The first-order valence-corrected chi connectivity index (χ1v) is 43.4. The van der Waals surface area contributed by atoms with Crippen molar-refractivity contribution >= 4 is 110 Å². The van der Waals surface area contributed by atoms with Crippen molar-refractivity contribution in [2.45, 2.75) is 202 Å².